The summed E-state index contributed by atoms with van der Waals surface area (Å²) < 4.78 is 43.0. The second-order valence-corrected chi connectivity index (χ2v) is 10.1. The molecule has 0 fully saturated rings. The molecule has 0 radical (unpaired) electrons. The molecule has 0 atom stereocenters. The fourth-order valence-electron chi connectivity index (χ4n) is 3.19. The van der Waals surface area contributed by atoms with Crippen LogP contribution in [0.2, 0.25) is 0 Å². The predicted molar refractivity (Wildman–Crippen MR) is 131 cm³/mol. The van der Waals surface area contributed by atoms with E-state index in [0.29, 0.717) is 17.1 Å². The lowest BCUT2D eigenvalue weighted by Gasteiger charge is -2.21. The van der Waals surface area contributed by atoms with E-state index in [2.05, 4.69) is 15.9 Å². The van der Waals surface area contributed by atoms with Gasteiger partial charge in [-0.2, -0.15) is 0 Å². The third kappa shape index (κ3) is 8.95. The second-order valence-electron chi connectivity index (χ2n) is 9.26. The Bertz CT molecular complexity index is 950. The normalized spacial score (nSPS) is 11.2. The SMILES string of the molecule is COc1cc(F)cc(C(C)C)c1Br.COc1cc(F)cc(C(C)C)c1CC(=O)OC(C)(C)C. The topological polar surface area (TPSA) is 44.8 Å². The first kappa shape index (κ1) is 28.9. The van der Waals surface area contributed by atoms with E-state index >= 15 is 0 Å². The Morgan fingerprint density at radius 2 is 1.33 bits per heavy atom. The Morgan fingerprint density at radius 3 is 1.76 bits per heavy atom. The summed E-state index contributed by atoms with van der Waals surface area (Å²) in [5.74, 6) is 0.339. The molecule has 2 aromatic rings. The van der Waals surface area contributed by atoms with Crippen molar-refractivity contribution in [2.24, 2.45) is 0 Å². The molecule has 184 valence electrons. The van der Waals surface area contributed by atoms with E-state index in [0.717, 1.165) is 15.6 Å². The fraction of sp³-hybridized carbons (Fsp3) is 0.500. The maximum atomic E-state index is 13.6. The summed E-state index contributed by atoms with van der Waals surface area (Å²) in [5.41, 5.74) is 1.85. The standard InChI is InChI=1S/C16H23FO3.C10H12BrFO/c1-10(2)12-7-11(17)8-14(19-6)13(12)9-15(18)20-16(3,4)5;1-6(2)8-4-7(12)5-9(13-3)10(8)11/h7-8,10H,9H2,1-6H3;4-6H,1-3H3. The van der Waals surface area contributed by atoms with Crippen molar-refractivity contribution in [1.82, 2.24) is 0 Å². The summed E-state index contributed by atoms with van der Waals surface area (Å²) in [6.07, 6.45) is 0.0776. The Morgan fingerprint density at radius 1 is 0.879 bits per heavy atom. The smallest absolute Gasteiger partial charge is 0.310 e. The van der Waals surface area contributed by atoms with Crippen LogP contribution in [0.25, 0.3) is 0 Å². The minimum absolute atomic E-state index is 0.0776. The van der Waals surface area contributed by atoms with Gasteiger partial charge < -0.3 is 14.2 Å². The molecule has 2 rings (SSSR count). The van der Waals surface area contributed by atoms with E-state index in [4.69, 9.17) is 14.2 Å². The average molecular weight is 529 g/mol. The van der Waals surface area contributed by atoms with Crippen molar-refractivity contribution in [3.63, 3.8) is 0 Å². The highest BCUT2D eigenvalue weighted by Crippen LogP contribution is 2.34. The lowest BCUT2D eigenvalue weighted by atomic mass is 9.94. The van der Waals surface area contributed by atoms with Crippen molar-refractivity contribution in [3.05, 3.63) is 57.1 Å². The lowest BCUT2D eigenvalue weighted by molar-refractivity contribution is -0.153. The van der Waals surface area contributed by atoms with Crippen LogP contribution in [0.5, 0.6) is 11.5 Å². The van der Waals surface area contributed by atoms with Gasteiger partial charge in [-0.15, -0.1) is 0 Å². The first-order valence-corrected chi connectivity index (χ1v) is 11.6. The molecule has 0 saturated carbocycles. The molecule has 0 bridgehead atoms. The number of rotatable bonds is 6. The Labute approximate surface area is 204 Å². The van der Waals surface area contributed by atoms with Gasteiger partial charge in [-0.3, -0.25) is 4.79 Å². The second kappa shape index (κ2) is 12.4. The number of carbonyl (C=O) groups excluding carboxylic acids is 1. The number of benzene rings is 2. The summed E-state index contributed by atoms with van der Waals surface area (Å²) in [7, 11) is 3.00. The first-order valence-electron chi connectivity index (χ1n) is 10.8. The van der Waals surface area contributed by atoms with Crippen molar-refractivity contribution in [2.45, 2.75) is 72.3 Å². The molecule has 2 aromatic carbocycles. The van der Waals surface area contributed by atoms with E-state index in [9.17, 15) is 13.6 Å². The third-order valence-electron chi connectivity index (χ3n) is 4.67. The van der Waals surface area contributed by atoms with Crippen molar-refractivity contribution in [3.8, 4) is 11.5 Å². The maximum Gasteiger partial charge on any atom is 0.310 e. The van der Waals surface area contributed by atoms with Gasteiger partial charge in [0.25, 0.3) is 0 Å². The molecular weight excluding hydrogens is 494 g/mol. The molecule has 0 amide bonds. The van der Waals surface area contributed by atoms with Gasteiger partial charge in [-0.25, -0.2) is 8.78 Å². The van der Waals surface area contributed by atoms with Crippen molar-refractivity contribution in [1.29, 1.82) is 0 Å². The zero-order chi connectivity index (χ0) is 25.5. The number of hydrogen-bond acceptors (Lipinski definition) is 4. The van der Waals surface area contributed by atoms with Crippen LogP contribution in [0.4, 0.5) is 8.78 Å². The molecule has 0 unspecified atom stereocenters. The van der Waals surface area contributed by atoms with Gasteiger partial charge in [-0.1, -0.05) is 27.7 Å². The molecule has 0 N–H and O–H groups in total. The molecule has 7 heteroatoms. The molecule has 0 aromatic heterocycles. The van der Waals surface area contributed by atoms with Crippen LogP contribution in [0.15, 0.2) is 28.7 Å². The Balaban J connectivity index is 0.000000361. The van der Waals surface area contributed by atoms with Crippen LogP contribution in [0, 0.1) is 11.6 Å². The van der Waals surface area contributed by atoms with Crippen LogP contribution < -0.4 is 9.47 Å². The lowest BCUT2D eigenvalue weighted by Crippen LogP contribution is -2.25. The molecule has 33 heavy (non-hydrogen) atoms. The fourth-order valence-corrected chi connectivity index (χ4v) is 4.04. The zero-order valence-electron chi connectivity index (χ0n) is 20.9. The number of carbonyl (C=O) groups is 1. The number of ether oxygens (including phenoxy) is 3. The zero-order valence-corrected chi connectivity index (χ0v) is 22.5. The van der Waals surface area contributed by atoms with Crippen LogP contribution in [0.1, 0.15) is 77.0 Å². The first-order chi connectivity index (χ1) is 15.2. The summed E-state index contributed by atoms with van der Waals surface area (Å²) in [6, 6.07) is 5.64. The van der Waals surface area contributed by atoms with E-state index < -0.39 is 5.60 Å². The molecule has 4 nitrogen and oxygen atoms in total. The Hall–Kier alpha value is -2.15. The molecule has 0 aliphatic rings. The van der Waals surface area contributed by atoms with Crippen LogP contribution in [0.3, 0.4) is 0 Å². The Kier molecular flexibility index (Phi) is 10.8. The van der Waals surface area contributed by atoms with Gasteiger partial charge in [0.05, 0.1) is 25.1 Å². The summed E-state index contributed by atoms with van der Waals surface area (Å²) in [5, 5.41) is 0. The van der Waals surface area contributed by atoms with E-state index in [1.807, 2.05) is 48.5 Å². The largest absolute Gasteiger partial charge is 0.496 e. The van der Waals surface area contributed by atoms with Crippen molar-refractivity contribution < 1.29 is 27.8 Å². The number of methoxy groups -OCH3 is 2. The van der Waals surface area contributed by atoms with Crippen molar-refractivity contribution >= 4 is 21.9 Å². The molecular formula is C26H35BrF2O4. The number of esters is 1. The summed E-state index contributed by atoms with van der Waals surface area (Å²) in [4.78, 5) is 12.0. The summed E-state index contributed by atoms with van der Waals surface area (Å²) >= 11 is 3.38. The molecule has 0 spiro atoms. The molecule has 0 aliphatic carbocycles. The van der Waals surface area contributed by atoms with Crippen LogP contribution in [-0.2, 0) is 16.0 Å². The van der Waals surface area contributed by atoms with Gasteiger partial charge in [-0.05, 0) is 71.8 Å². The molecule has 0 saturated heterocycles. The van der Waals surface area contributed by atoms with E-state index in [1.54, 1.807) is 0 Å². The van der Waals surface area contributed by atoms with Gasteiger partial charge in [0.2, 0.25) is 0 Å². The van der Waals surface area contributed by atoms with E-state index in [1.165, 1.54) is 38.5 Å². The molecule has 0 aliphatic heterocycles. The summed E-state index contributed by atoms with van der Waals surface area (Å²) in [6.45, 7) is 13.4. The van der Waals surface area contributed by atoms with Gasteiger partial charge in [0.1, 0.15) is 28.7 Å². The minimum atomic E-state index is -0.539. The highest BCUT2D eigenvalue weighted by atomic mass is 79.9. The van der Waals surface area contributed by atoms with Crippen LogP contribution in [-0.4, -0.2) is 25.8 Å². The van der Waals surface area contributed by atoms with Gasteiger partial charge in [0, 0.05) is 17.7 Å². The van der Waals surface area contributed by atoms with Crippen molar-refractivity contribution in [2.75, 3.05) is 14.2 Å². The number of halogens is 3. The average Bonchev–Trinajstić information content (AvgIpc) is 2.69. The minimum Gasteiger partial charge on any atom is -0.496 e. The highest BCUT2D eigenvalue weighted by molar-refractivity contribution is 9.10. The third-order valence-corrected chi connectivity index (χ3v) is 5.51. The maximum absolute atomic E-state index is 13.6. The van der Waals surface area contributed by atoms with Crippen LogP contribution >= 0.6 is 15.9 Å². The predicted octanol–water partition coefficient (Wildman–Crippen LogP) is 7.56. The highest BCUT2D eigenvalue weighted by Gasteiger charge is 2.21. The quantitative estimate of drug-likeness (QED) is 0.362. The monoisotopic (exact) mass is 528 g/mol. The van der Waals surface area contributed by atoms with E-state index in [-0.39, 0.29) is 35.9 Å². The molecule has 0 heterocycles. The number of hydrogen-bond donors (Lipinski definition) is 0. The van der Waals surface area contributed by atoms with Gasteiger partial charge in [0.15, 0.2) is 0 Å². The van der Waals surface area contributed by atoms with Gasteiger partial charge >= 0.3 is 5.97 Å².